The first-order valence-corrected chi connectivity index (χ1v) is 5.23. The Morgan fingerprint density at radius 3 is 2.79 bits per heavy atom. The van der Waals surface area contributed by atoms with Gasteiger partial charge in [-0.25, -0.2) is 4.79 Å². The van der Waals surface area contributed by atoms with Crippen LogP contribution in [0.5, 0.6) is 0 Å². The molecule has 0 aromatic heterocycles. The van der Waals surface area contributed by atoms with Crippen molar-refractivity contribution in [1.29, 1.82) is 0 Å². The SMILES string of the molecule is COC(=O)N[C@H]1CCCCC[C@@H]1CO. The molecule has 1 amide bonds. The lowest BCUT2D eigenvalue weighted by Gasteiger charge is -2.23. The molecule has 82 valence electrons. The number of hydrogen-bond acceptors (Lipinski definition) is 3. The van der Waals surface area contributed by atoms with E-state index < -0.39 is 6.09 Å². The first kappa shape index (κ1) is 11.3. The minimum atomic E-state index is -0.393. The van der Waals surface area contributed by atoms with Gasteiger partial charge in [0.2, 0.25) is 0 Å². The summed E-state index contributed by atoms with van der Waals surface area (Å²) in [7, 11) is 1.36. The van der Waals surface area contributed by atoms with Crippen molar-refractivity contribution in [2.75, 3.05) is 13.7 Å². The van der Waals surface area contributed by atoms with E-state index in [0.717, 1.165) is 25.7 Å². The van der Waals surface area contributed by atoms with Crippen LogP contribution in [0.15, 0.2) is 0 Å². The molecule has 0 aromatic rings. The number of alkyl carbamates (subject to hydrolysis) is 1. The standard InChI is InChI=1S/C10H19NO3/c1-14-10(13)11-9-6-4-2-3-5-8(9)7-12/h8-9,12H,2-7H2,1H3,(H,11,13)/t8-,9+/m1/s1. The highest BCUT2D eigenvalue weighted by Gasteiger charge is 2.24. The van der Waals surface area contributed by atoms with E-state index >= 15 is 0 Å². The molecule has 4 heteroatoms. The molecule has 1 aliphatic carbocycles. The van der Waals surface area contributed by atoms with Gasteiger partial charge in [-0.2, -0.15) is 0 Å². The summed E-state index contributed by atoms with van der Waals surface area (Å²) in [4.78, 5) is 11.0. The summed E-state index contributed by atoms with van der Waals surface area (Å²) in [5, 5.41) is 12.0. The minimum absolute atomic E-state index is 0.0787. The number of amides is 1. The van der Waals surface area contributed by atoms with E-state index in [2.05, 4.69) is 10.1 Å². The number of carbonyl (C=O) groups excluding carboxylic acids is 1. The fourth-order valence-corrected chi connectivity index (χ4v) is 2.00. The Morgan fingerprint density at radius 2 is 2.14 bits per heavy atom. The van der Waals surface area contributed by atoms with Crippen LogP contribution < -0.4 is 5.32 Å². The third-order valence-corrected chi connectivity index (χ3v) is 2.88. The summed E-state index contributed by atoms with van der Waals surface area (Å²) in [6, 6.07) is 0.0787. The van der Waals surface area contributed by atoms with Crippen molar-refractivity contribution in [3.05, 3.63) is 0 Å². The van der Waals surface area contributed by atoms with Gasteiger partial charge in [-0.05, 0) is 12.8 Å². The number of rotatable bonds is 2. The Kier molecular flexibility index (Phi) is 4.73. The van der Waals surface area contributed by atoms with E-state index in [1.165, 1.54) is 13.5 Å². The molecule has 0 heterocycles. The third-order valence-electron chi connectivity index (χ3n) is 2.88. The molecule has 1 saturated carbocycles. The highest BCUT2D eigenvalue weighted by atomic mass is 16.5. The topological polar surface area (TPSA) is 58.6 Å². The number of methoxy groups -OCH3 is 1. The van der Waals surface area contributed by atoms with Crippen LogP contribution in [0.2, 0.25) is 0 Å². The van der Waals surface area contributed by atoms with Crippen molar-refractivity contribution >= 4 is 6.09 Å². The summed E-state index contributed by atoms with van der Waals surface area (Å²) >= 11 is 0. The van der Waals surface area contributed by atoms with E-state index in [-0.39, 0.29) is 18.6 Å². The molecule has 0 unspecified atom stereocenters. The monoisotopic (exact) mass is 201 g/mol. The van der Waals surface area contributed by atoms with E-state index in [4.69, 9.17) is 0 Å². The molecule has 1 fully saturated rings. The number of aliphatic hydroxyl groups excluding tert-OH is 1. The lowest BCUT2D eigenvalue weighted by molar-refractivity contribution is 0.146. The van der Waals surface area contributed by atoms with Gasteiger partial charge in [-0.3, -0.25) is 0 Å². The van der Waals surface area contributed by atoms with Gasteiger partial charge in [0.25, 0.3) is 0 Å². The van der Waals surface area contributed by atoms with Gasteiger partial charge < -0.3 is 15.2 Å². The normalized spacial score (nSPS) is 27.9. The molecular weight excluding hydrogens is 182 g/mol. The van der Waals surface area contributed by atoms with Crippen LogP contribution in [0.1, 0.15) is 32.1 Å². The summed E-state index contributed by atoms with van der Waals surface area (Å²) in [6.07, 6.45) is 4.99. The molecule has 2 atom stereocenters. The van der Waals surface area contributed by atoms with Crippen molar-refractivity contribution in [3.8, 4) is 0 Å². The minimum Gasteiger partial charge on any atom is -0.453 e. The first-order chi connectivity index (χ1) is 6.77. The highest BCUT2D eigenvalue weighted by Crippen LogP contribution is 2.23. The van der Waals surface area contributed by atoms with E-state index in [1.54, 1.807) is 0 Å². The maximum absolute atomic E-state index is 11.0. The van der Waals surface area contributed by atoms with Crippen LogP contribution in [0.4, 0.5) is 4.79 Å². The van der Waals surface area contributed by atoms with Crippen molar-refractivity contribution < 1.29 is 14.6 Å². The largest absolute Gasteiger partial charge is 0.453 e. The van der Waals surface area contributed by atoms with Gasteiger partial charge >= 0.3 is 6.09 Å². The molecule has 0 spiro atoms. The molecule has 1 aliphatic rings. The van der Waals surface area contributed by atoms with Gasteiger partial charge in [0.15, 0.2) is 0 Å². The fraction of sp³-hybridized carbons (Fsp3) is 0.900. The molecule has 4 nitrogen and oxygen atoms in total. The van der Waals surface area contributed by atoms with Crippen LogP contribution >= 0.6 is 0 Å². The van der Waals surface area contributed by atoms with Crippen LogP contribution in [-0.2, 0) is 4.74 Å². The summed E-state index contributed by atoms with van der Waals surface area (Å²) in [5.41, 5.74) is 0. The average molecular weight is 201 g/mol. The Bertz CT molecular complexity index is 184. The molecule has 0 aliphatic heterocycles. The lowest BCUT2D eigenvalue weighted by atomic mass is 9.96. The Morgan fingerprint density at radius 1 is 1.43 bits per heavy atom. The van der Waals surface area contributed by atoms with Gasteiger partial charge in [0.05, 0.1) is 7.11 Å². The number of aliphatic hydroxyl groups is 1. The van der Waals surface area contributed by atoms with Crippen LogP contribution in [-0.4, -0.2) is 31.0 Å². The molecule has 0 aromatic carbocycles. The fourth-order valence-electron chi connectivity index (χ4n) is 2.00. The molecule has 1 rings (SSSR count). The Labute approximate surface area is 84.6 Å². The molecule has 14 heavy (non-hydrogen) atoms. The van der Waals surface area contributed by atoms with Crippen molar-refractivity contribution in [2.45, 2.75) is 38.1 Å². The van der Waals surface area contributed by atoms with Gasteiger partial charge in [0.1, 0.15) is 0 Å². The van der Waals surface area contributed by atoms with Crippen molar-refractivity contribution in [2.24, 2.45) is 5.92 Å². The quantitative estimate of drug-likeness (QED) is 0.662. The Hall–Kier alpha value is -0.770. The van der Waals surface area contributed by atoms with Crippen molar-refractivity contribution in [1.82, 2.24) is 5.32 Å². The predicted octanol–water partition coefficient (Wildman–Crippen LogP) is 1.28. The van der Waals surface area contributed by atoms with Crippen molar-refractivity contribution in [3.63, 3.8) is 0 Å². The second-order valence-corrected chi connectivity index (χ2v) is 3.82. The first-order valence-electron chi connectivity index (χ1n) is 5.23. The third kappa shape index (κ3) is 3.18. The molecule has 0 radical (unpaired) electrons. The van der Waals surface area contributed by atoms with Crippen LogP contribution in [0, 0.1) is 5.92 Å². The maximum atomic E-state index is 11.0. The molecule has 0 saturated heterocycles. The summed E-state index contributed by atoms with van der Waals surface area (Å²) < 4.78 is 4.55. The number of hydrogen-bond donors (Lipinski definition) is 2. The molecular formula is C10H19NO3. The van der Waals surface area contributed by atoms with E-state index in [0.29, 0.717) is 0 Å². The highest BCUT2D eigenvalue weighted by molar-refractivity contribution is 5.67. The zero-order chi connectivity index (χ0) is 10.4. The maximum Gasteiger partial charge on any atom is 0.407 e. The summed E-state index contributed by atoms with van der Waals surface area (Å²) in [5.74, 6) is 0.191. The predicted molar refractivity (Wildman–Crippen MR) is 53.0 cm³/mol. The zero-order valence-electron chi connectivity index (χ0n) is 8.66. The van der Waals surface area contributed by atoms with Crippen LogP contribution in [0.3, 0.4) is 0 Å². The van der Waals surface area contributed by atoms with E-state index in [9.17, 15) is 9.90 Å². The summed E-state index contributed by atoms with van der Waals surface area (Å²) in [6.45, 7) is 0.147. The Balaban J connectivity index is 2.47. The van der Waals surface area contributed by atoms with E-state index in [1.807, 2.05) is 0 Å². The molecule has 0 bridgehead atoms. The lowest BCUT2D eigenvalue weighted by Crippen LogP contribution is -2.41. The average Bonchev–Trinajstić information content (AvgIpc) is 2.42. The smallest absolute Gasteiger partial charge is 0.407 e. The number of nitrogens with one attached hydrogen (secondary N) is 1. The van der Waals surface area contributed by atoms with Gasteiger partial charge in [-0.1, -0.05) is 19.3 Å². The molecule has 2 N–H and O–H groups in total. The zero-order valence-corrected chi connectivity index (χ0v) is 8.66. The second kappa shape index (κ2) is 5.86. The van der Waals surface area contributed by atoms with Crippen LogP contribution in [0.25, 0.3) is 0 Å². The number of carbonyl (C=O) groups is 1. The number of ether oxygens (including phenoxy) is 1. The van der Waals surface area contributed by atoms with Gasteiger partial charge in [-0.15, -0.1) is 0 Å². The second-order valence-electron chi connectivity index (χ2n) is 3.82. The van der Waals surface area contributed by atoms with Gasteiger partial charge in [0, 0.05) is 18.6 Å².